The van der Waals surface area contributed by atoms with E-state index in [1.165, 1.54) is 32.1 Å². The predicted octanol–water partition coefficient (Wildman–Crippen LogP) is 2.66. The first kappa shape index (κ1) is 10.3. The number of nitrogens with one attached hydrogen (secondary N) is 1. The molecule has 0 atom stereocenters. The number of pyridine rings is 1. The fraction of sp³-hybridized carbons (Fsp3) is 0.583. The van der Waals surface area contributed by atoms with Crippen LogP contribution in [0.2, 0.25) is 0 Å². The summed E-state index contributed by atoms with van der Waals surface area (Å²) < 4.78 is 0. The summed E-state index contributed by atoms with van der Waals surface area (Å²) in [6.45, 7) is 1.05. The molecule has 0 saturated heterocycles. The van der Waals surface area contributed by atoms with Crippen molar-refractivity contribution in [2.24, 2.45) is 5.92 Å². The van der Waals surface area contributed by atoms with Crippen LogP contribution in [-0.4, -0.2) is 11.5 Å². The maximum atomic E-state index is 5.81. The fourth-order valence-corrected chi connectivity index (χ4v) is 2.21. The van der Waals surface area contributed by atoms with Crippen molar-refractivity contribution in [2.75, 3.05) is 17.6 Å². The van der Waals surface area contributed by atoms with E-state index in [0.717, 1.165) is 23.8 Å². The van der Waals surface area contributed by atoms with Crippen molar-refractivity contribution in [1.29, 1.82) is 0 Å². The third kappa shape index (κ3) is 2.85. The third-order valence-electron chi connectivity index (χ3n) is 3.16. The Balaban J connectivity index is 1.84. The molecule has 1 aliphatic rings. The highest BCUT2D eigenvalue weighted by atomic mass is 14.9. The average Bonchev–Trinajstić information content (AvgIpc) is 2.29. The molecular weight excluding hydrogens is 186 g/mol. The van der Waals surface area contributed by atoms with E-state index in [4.69, 9.17) is 5.73 Å². The van der Waals surface area contributed by atoms with Crippen molar-refractivity contribution in [3.63, 3.8) is 0 Å². The molecule has 0 aliphatic heterocycles. The molecule has 0 aromatic carbocycles. The van der Waals surface area contributed by atoms with Crippen molar-refractivity contribution in [1.82, 2.24) is 4.98 Å². The van der Waals surface area contributed by atoms with E-state index in [-0.39, 0.29) is 0 Å². The molecule has 0 spiro atoms. The molecule has 0 unspecified atom stereocenters. The lowest BCUT2D eigenvalue weighted by atomic mass is 9.89. The van der Waals surface area contributed by atoms with Crippen LogP contribution in [0.15, 0.2) is 18.5 Å². The second-order valence-electron chi connectivity index (χ2n) is 4.35. The molecule has 1 aromatic rings. The molecule has 1 aromatic heterocycles. The van der Waals surface area contributed by atoms with Crippen LogP contribution in [0.25, 0.3) is 0 Å². The Morgan fingerprint density at radius 3 is 2.87 bits per heavy atom. The molecular formula is C12H19N3. The van der Waals surface area contributed by atoms with Crippen LogP contribution in [0.5, 0.6) is 0 Å². The number of anilines is 2. The zero-order valence-electron chi connectivity index (χ0n) is 9.08. The minimum absolute atomic E-state index is 0.744. The summed E-state index contributed by atoms with van der Waals surface area (Å²) in [6.07, 6.45) is 10.4. The van der Waals surface area contributed by atoms with Gasteiger partial charge in [0.05, 0.1) is 17.6 Å². The van der Waals surface area contributed by atoms with Gasteiger partial charge in [-0.25, -0.2) is 0 Å². The van der Waals surface area contributed by atoms with Crippen LogP contribution in [0.1, 0.15) is 32.1 Å². The molecule has 15 heavy (non-hydrogen) atoms. The minimum atomic E-state index is 0.744. The molecule has 0 amide bonds. The van der Waals surface area contributed by atoms with Crippen LogP contribution in [0, 0.1) is 5.92 Å². The lowest BCUT2D eigenvalue weighted by Gasteiger charge is -2.22. The normalized spacial score (nSPS) is 17.6. The van der Waals surface area contributed by atoms with Gasteiger partial charge in [-0.3, -0.25) is 4.98 Å². The van der Waals surface area contributed by atoms with Gasteiger partial charge in [0, 0.05) is 12.7 Å². The van der Waals surface area contributed by atoms with Crippen molar-refractivity contribution in [2.45, 2.75) is 32.1 Å². The topological polar surface area (TPSA) is 50.9 Å². The number of hydrogen-bond acceptors (Lipinski definition) is 3. The van der Waals surface area contributed by atoms with Crippen LogP contribution in [0.4, 0.5) is 11.4 Å². The highest BCUT2D eigenvalue weighted by Gasteiger charge is 2.13. The summed E-state index contributed by atoms with van der Waals surface area (Å²) in [7, 11) is 0. The molecule has 0 radical (unpaired) electrons. The maximum absolute atomic E-state index is 5.81. The summed E-state index contributed by atoms with van der Waals surface area (Å²) in [5.41, 5.74) is 7.58. The highest BCUT2D eigenvalue weighted by Crippen LogP contribution is 2.24. The summed E-state index contributed by atoms with van der Waals surface area (Å²) in [5, 5.41) is 3.42. The molecule has 1 fully saturated rings. The van der Waals surface area contributed by atoms with E-state index in [1.807, 2.05) is 6.07 Å². The first-order chi connectivity index (χ1) is 7.36. The monoisotopic (exact) mass is 205 g/mol. The summed E-state index contributed by atoms with van der Waals surface area (Å²) in [6, 6.07) is 1.94. The number of hydrogen-bond donors (Lipinski definition) is 2. The average molecular weight is 205 g/mol. The number of rotatable bonds is 3. The van der Waals surface area contributed by atoms with E-state index in [0.29, 0.717) is 0 Å². The Bertz CT molecular complexity index is 305. The summed E-state index contributed by atoms with van der Waals surface area (Å²) in [5.74, 6) is 0.825. The van der Waals surface area contributed by atoms with Gasteiger partial charge in [0.2, 0.25) is 0 Å². The molecule has 3 nitrogen and oxygen atoms in total. The SMILES string of the molecule is Nc1cnccc1NCC1CCCCC1. The highest BCUT2D eigenvalue weighted by molar-refractivity contribution is 5.64. The molecule has 1 heterocycles. The smallest absolute Gasteiger partial charge is 0.0736 e. The lowest BCUT2D eigenvalue weighted by Crippen LogP contribution is -2.17. The Morgan fingerprint density at radius 1 is 1.33 bits per heavy atom. The first-order valence-electron chi connectivity index (χ1n) is 5.79. The Labute approximate surface area is 91.1 Å². The van der Waals surface area contributed by atoms with E-state index in [2.05, 4.69) is 10.3 Å². The van der Waals surface area contributed by atoms with Gasteiger partial charge in [0.15, 0.2) is 0 Å². The van der Waals surface area contributed by atoms with Gasteiger partial charge in [-0.1, -0.05) is 19.3 Å². The number of nitrogen functional groups attached to an aromatic ring is 1. The van der Waals surface area contributed by atoms with Crippen molar-refractivity contribution in [3.8, 4) is 0 Å². The lowest BCUT2D eigenvalue weighted by molar-refractivity contribution is 0.373. The zero-order chi connectivity index (χ0) is 10.5. The molecule has 2 rings (SSSR count). The van der Waals surface area contributed by atoms with Gasteiger partial charge < -0.3 is 11.1 Å². The summed E-state index contributed by atoms with van der Waals surface area (Å²) in [4.78, 5) is 3.97. The van der Waals surface area contributed by atoms with E-state index in [1.54, 1.807) is 12.4 Å². The molecule has 1 saturated carbocycles. The molecule has 82 valence electrons. The van der Waals surface area contributed by atoms with Gasteiger partial charge >= 0.3 is 0 Å². The zero-order valence-corrected chi connectivity index (χ0v) is 9.08. The van der Waals surface area contributed by atoms with Crippen molar-refractivity contribution >= 4 is 11.4 Å². The molecule has 3 heteroatoms. The maximum Gasteiger partial charge on any atom is 0.0736 e. The standard InChI is InChI=1S/C12H19N3/c13-11-9-14-7-6-12(11)15-8-10-4-2-1-3-5-10/h6-7,9-10H,1-5,8,13H2,(H,14,15). The molecule has 0 bridgehead atoms. The van der Waals surface area contributed by atoms with Gasteiger partial charge in [-0.15, -0.1) is 0 Å². The van der Waals surface area contributed by atoms with Crippen LogP contribution in [-0.2, 0) is 0 Å². The van der Waals surface area contributed by atoms with E-state index < -0.39 is 0 Å². The quantitative estimate of drug-likeness (QED) is 0.797. The van der Waals surface area contributed by atoms with Gasteiger partial charge in [-0.2, -0.15) is 0 Å². The number of aromatic nitrogens is 1. The van der Waals surface area contributed by atoms with Gasteiger partial charge in [-0.05, 0) is 24.8 Å². The largest absolute Gasteiger partial charge is 0.396 e. The Kier molecular flexibility index (Phi) is 3.43. The minimum Gasteiger partial charge on any atom is -0.396 e. The Morgan fingerprint density at radius 2 is 2.13 bits per heavy atom. The number of nitrogens with two attached hydrogens (primary N) is 1. The third-order valence-corrected chi connectivity index (χ3v) is 3.16. The second-order valence-corrected chi connectivity index (χ2v) is 4.35. The second kappa shape index (κ2) is 5.01. The van der Waals surface area contributed by atoms with E-state index >= 15 is 0 Å². The van der Waals surface area contributed by atoms with E-state index in [9.17, 15) is 0 Å². The fourth-order valence-electron chi connectivity index (χ4n) is 2.21. The Hall–Kier alpha value is -1.25. The number of nitrogens with zero attached hydrogens (tertiary/aromatic N) is 1. The van der Waals surface area contributed by atoms with Crippen molar-refractivity contribution in [3.05, 3.63) is 18.5 Å². The van der Waals surface area contributed by atoms with Crippen LogP contribution in [0.3, 0.4) is 0 Å². The van der Waals surface area contributed by atoms with Crippen LogP contribution >= 0.6 is 0 Å². The summed E-state index contributed by atoms with van der Waals surface area (Å²) >= 11 is 0. The predicted molar refractivity (Wildman–Crippen MR) is 63.7 cm³/mol. The van der Waals surface area contributed by atoms with Crippen LogP contribution < -0.4 is 11.1 Å². The van der Waals surface area contributed by atoms with Crippen molar-refractivity contribution < 1.29 is 0 Å². The van der Waals surface area contributed by atoms with Gasteiger partial charge in [0.1, 0.15) is 0 Å². The molecule has 1 aliphatic carbocycles. The molecule has 3 N–H and O–H groups in total. The van der Waals surface area contributed by atoms with Gasteiger partial charge in [0.25, 0.3) is 0 Å². The first-order valence-corrected chi connectivity index (χ1v) is 5.79.